The number of hydrogen-bond acceptors (Lipinski definition) is 1. The van der Waals surface area contributed by atoms with Gasteiger partial charge in [0.2, 0.25) is 0 Å². The summed E-state index contributed by atoms with van der Waals surface area (Å²) in [6.45, 7) is 8.66. The van der Waals surface area contributed by atoms with Gasteiger partial charge in [0.1, 0.15) is 19.8 Å². The molecule has 0 amide bonds. The first kappa shape index (κ1) is 7.63. The molecule has 0 aliphatic rings. The van der Waals surface area contributed by atoms with Gasteiger partial charge in [-0.05, 0) is 13.5 Å². The molecule has 0 aliphatic carbocycles. The van der Waals surface area contributed by atoms with Crippen LogP contribution in [0.3, 0.4) is 0 Å². The van der Waals surface area contributed by atoms with Crippen molar-refractivity contribution in [3.63, 3.8) is 0 Å². The zero-order chi connectivity index (χ0) is 6.41. The first-order valence-electron chi connectivity index (χ1n) is 3.06. The number of rotatable bonds is 4. The summed E-state index contributed by atoms with van der Waals surface area (Å²) >= 11 is 0. The van der Waals surface area contributed by atoms with Gasteiger partial charge in [0.05, 0.1) is 0 Å². The first-order chi connectivity index (χ1) is 3.81. The predicted molar refractivity (Wildman–Crippen MR) is 36.5 cm³/mol. The van der Waals surface area contributed by atoms with E-state index in [9.17, 15) is 0 Å². The Labute approximate surface area is 51.0 Å². The molecule has 2 N–H and O–H groups in total. The summed E-state index contributed by atoms with van der Waals surface area (Å²) in [5, 5.41) is 0. The molecule has 0 rings (SSSR count). The molecule has 0 aromatic carbocycles. The Morgan fingerprint density at radius 2 is 2.25 bits per heavy atom. The van der Waals surface area contributed by atoms with Crippen molar-refractivity contribution >= 4 is 6.72 Å². The van der Waals surface area contributed by atoms with Crippen molar-refractivity contribution in [3.8, 4) is 0 Å². The molecule has 0 saturated heterocycles. The standard InChI is InChI=1S/C6H15N2/c1-3-8(2)6-4-5-7/h2-7H2,1H3/q+1. The predicted octanol–water partition coefficient (Wildman–Crippen LogP) is 0.0682. The highest BCUT2D eigenvalue weighted by Crippen LogP contribution is 1.75. The fraction of sp³-hybridized carbons (Fsp3) is 0.833. The second-order valence-corrected chi connectivity index (χ2v) is 1.85. The van der Waals surface area contributed by atoms with Gasteiger partial charge in [-0.2, -0.15) is 0 Å². The summed E-state index contributed by atoms with van der Waals surface area (Å²) in [5.74, 6) is 0. The fourth-order valence-corrected chi connectivity index (χ4v) is 0.473. The molecular weight excluding hydrogens is 100 g/mol. The molecule has 0 unspecified atom stereocenters. The molecular formula is C6H15N2+. The summed E-state index contributed by atoms with van der Waals surface area (Å²) in [6, 6.07) is 0. The van der Waals surface area contributed by atoms with Crippen LogP contribution < -0.4 is 5.73 Å². The highest BCUT2D eigenvalue weighted by Gasteiger charge is 1.91. The largest absolute Gasteiger partial charge is 0.330 e. The van der Waals surface area contributed by atoms with E-state index >= 15 is 0 Å². The minimum Gasteiger partial charge on any atom is -0.330 e. The topological polar surface area (TPSA) is 29.0 Å². The van der Waals surface area contributed by atoms with Crippen LogP contribution in [0.5, 0.6) is 0 Å². The molecule has 0 spiro atoms. The van der Waals surface area contributed by atoms with Crippen LogP contribution in [0, 0.1) is 0 Å². The van der Waals surface area contributed by atoms with E-state index in [1.807, 2.05) is 4.58 Å². The third kappa shape index (κ3) is 3.81. The molecule has 0 heterocycles. The smallest absolute Gasteiger partial charge is 0.143 e. The fourth-order valence-electron chi connectivity index (χ4n) is 0.473. The monoisotopic (exact) mass is 115 g/mol. The van der Waals surface area contributed by atoms with E-state index in [0.29, 0.717) is 0 Å². The van der Waals surface area contributed by atoms with Crippen molar-refractivity contribution < 1.29 is 4.58 Å². The third-order valence-corrected chi connectivity index (χ3v) is 1.13. The van der Waals surface area contributed by atoms with Crippen LogP contribution in [0.2, 0.25) is 0 Å². The van der Waals surface area contributed by atoms with Crippen molar-refractivity contribution in [3.05, 3.63) is 0 Å². The minimum atomic E-state index is 0.770. The maximum Gasteiger partial charge on any atom is 0.143 e. The van der Waals surface area contributed by atoms with Crippen LogP contribution in [-0.4, -0.2) is 30.9 Å². The van der Waals surface area contributed by atoms with Crippen LogP contribution in [0.4, 0.5) is 0 Å². The molecule has 2 heteroatoms. The summed E-state index contributed by atoms with van der Waals surface area (Å²) in [6.07, 6.45) is 1.05. The van der Waals surface area contributed by atoms with E-state index in [4.69, 9.17) is 5.73 Å². The van der Waals surface area contributed by atoms with Gasteiger partial charge >= 0.3 is 0 Å². The molecule has 0 fully saturated rings. The van der Waals surface area contributed by atoms with Crippen LogP contribution >= 0.6 is 0 Å². The lowest BCUT2D eigenvalue weighted by Crippen LogP contribution is -2.13. The Morgan fingerprint density at radius 1 is 1.62 bits per heavy atom. The molecule has 0 aromatic rings. The van der Waals surface area contributed by atoms with Gasteiger partial charge in [0, 0.05) is 6.42 Å². The van der Waals surface area contributed by atoms with Crippen LogP contribution in [0.25, 0.3) is 0 Å². The molecule has 0 atom stereocenters. The van der Waals surface area contributed by atoms with E-state index < -0.39 is 0 Å². The zero-order valence-corrected chi connectivity index (χ0v) is 5.56. The van der Waals surface area contributed by atoms with Crippen molar-refractivity contribution in [2.45, 2.75) is 13.3 Å². The van der Waals surface area contributed by atoms with E-state index in [1.54, 1.807) is 0 Å². The Bertz CT molecular complexity index is 68.9. The maximum atomic E-state index is 5.28. The third-order valence-electron chi connectivity index (χ3n) is 1.13. The van der Waals surface area contributed by atoms with Crippen LogP contribution in [-0.2, 0) is 0 Å². The van der Waals surface area contributed by atoms with Gasteiger partial charge in [-0.15, -0.1) is 0 Å². The van der Waals surface area contributed by atoms with E-state index in [1.165, 1.54) is 0 Å². The molecule has 8 heavy (non-hydrogen) atoms. The molecule has 0 saturated carbocycles. The summed E-state index contributed by atoms with van der Waals surface area (Å²) in [5.41, 5.74) is 5.28. The SMILES string of the molecule is C=[N+](CC)CCCN. The van der Waals surface area contributed by atoms with Gasteiger partial charge in [-0.1, -0.05) is 0 Å². The Hall–Kier alpha value is -0.370. The lowest BCUT2D eigenvalue weighted by molar-refractivity contribution is -0.515. The molecule has 0 aromatic heterocycles. The average molecular weight is 115 g/mol. The second kappa shape index (κ2) is 4.78. The maximum absolute atomic E-state index is 5.28. The van der Waals surface area contributed by atoms with E-state index in [0.717, 1.165) is 26.1 Å². The quantitative estimate of drug-likeness (QED) is 0.407. The molecule has 0 bridgehead atoms. The molecule has 48 valence electrons. The molecule has 2 nitrogen and oxygen atoms in total. The molecule has 0 aliphatic heterocycles. The normalized spacial score (nSPS) is 9.25. The first-order valence-corrected chi connectivity index (χ1v) is 3.06. The van der Waals surface area contributed by atoms with Gasteiger partial charge < -0.3 is 5.73 Å². The lowest BCUT2D eigenvalue weighted by atomic mass is 10.4. The highest BCUT2D eigenvalue weighted by molar-refractivity contribution is 5.14. The zero-order valence-electron chi connectivity index (χ0n) is 5.56. The van der Waals surface area contributed by atoms with Gasteiger partial charge in [-0.25, -0.2) is 4.58 Å². The second-order valence-electron chi connectivity index (χ2n) is 1.85. The molecule has 0 radical (unpaired) electrons. The van der Waals surface area contributed by atoms with Crippen molar-refractivity contribution in [2.24, 2.45) is 5.73 Å². The minimum absolute atomic E-state index is 0.770. The van der Waals surface area contributed by atoms with Gasteiger partial charge in [0.15, 0.2) is 0 Å². The van der Waals surface area contributed by atoms with Crippen molar-refractivity contribution in [1.29, 1.82) is 0 Å². The van der Waals surface area contributed by atoms with Crippen LogP contribution in [0.1, 0.15) is 13.3 Å². The van der Waals surface area contributed by atoms with E-state index in [2.05, 4.69) is 13.6 Å². The summed E-state index contributed by atoms with van der Waals surface area (Å²) in [7, 11) is 0. The number of nitrogens with two attached hydrogens (primary N) is 1. The summed E-state index contributed by atoms with van der Waals surface area (Å²) < 4.78 is 2.01. The van der Waals surface area contributed by atoms with Crippen LogP contribution in [0.15, 0.2) is 0 Å². The number of hydrogen-bond donors (Lipinski definition) is 1. The average Bonchev–Trinajstić information content (AvgIpc) is 1.83. The highest BCUT2D eigenvalue weighted by atomic mass is 15.0. The Morgan fingerprint density at radius 3 is 2.62 bits per heavy atom. The Kier molecular flexibility index (Phi) is 4.56. The van der Waals surface area contributed by atoms with Crippen molar-refractivity contribution in [2.75, 3.05) is 19.6 Å². The van der Waals surface area contributed by atoms with Gasteiger partial charge in [-0.3, -0.25) is 0 Å². The Balaban J connectivity index is 2.99. The van der Waals surface area contributed by atoms with E-state index in [-0.39, 0.29) is 0 Å². The van der Waals surface area contributed by atoms with Gasteiger partial charge in [0.25, 0.3) is 0 Å². The number of nitrogens with zero attached hydrogens (tertiary/aromatic N) is 1. The van der Waals surface area contributed by atoms with Crippen molar-refractivity contribution in [1.82, 2.24) is 0 Å². The lowest BCUT2D eigenvalue weighted by Gasteiger charge is -1.93. The summed E-state index contributed by atoms with van der Waals surface area (Å²) in [4.78, 5) is 0.